The first-order valence-corrected chi connectivity index (χ1v) is 6.22. The lowest BCUT2D eigenvalue weighted by atomic mass is 10.0. The molecule has 1 nitrogen and oxygen atoms in total. The molecule has 2 heteroatoms. The molecule has 0 saturated heterocycles. The second kappa shape index (κ2) is 4.96. The molecule has 0 aliphatic heterocycles. The Balaban J connectivity index is 1.95. The SMILES string of the molecule is CCC(N[C@H](C)c1ccc(F)cc1)C1CC1. The smallest absolute Gasteiger partial charge is 0.123 e. The third-order valence-electron chi connectivity index (χ3n) is 3.46. The van der Waals surface area contributed by atoms with Gasteiger partial charge in [-0.1, -0.05) is 19.1 Å². The maximum absolute atomic E-state index is 12.8. The van der Waals surface area contributed by atoms with Crippen LogP contribution in [0.3, 0.4) is 0 Å². The molecule has 2 rings (SSSR count). The molecule has 0 spiro atoms. The molecule has 0 aromatic heterocycles. The zero-order valence-electron chi connectivity index (χ0n) is 10.0. The first-order valence-electron chi connectivity index (χ1n) is 6.22. The van der Waals surface area contributed by atoms with Gasteiger partial charge >= 0.3 is 0 Å². The van der Waals surface area contributed by atoms with E-state index in [-0.39, 0.29) is 5.82 Å². The summed E-state index contributed by atoms with van der Waals surface area (Å²) in [5.74, 6) is 0.707. The van der Waals surface area contributed by atoms with Crippen LogP contribution < -0.4 is 5.32 Å². The molecule has 1 aromatic carbocycles. The van der Waals surface area contributed by atoms with Crippen molar-refractivity contribution in [3.8, 4) is 0 Å². The summed E-state index contributed by atoms with van der Waals surface area (Å²) in [5, 5.41) is 3.64. The Labute approximate surface area is 97.1 Å². The van der Waals surface area contributed by atoms with E-state index < -0.39 is 0 Å². The average molecular weight is 221 g/mol. The van der Waals surface area contributed by atoms with Gasteiger partial charge in [-0.25, -0.2) is 4.39 Å². The van der Waals surface area contributed by atoms with Crippen LogP contribution in [0, 0.1) is 11.7 Å². The van der Waals surface area contributed by atoms with Crippen molar-refractivity contribution in [1.29, 1.82) is 0 Å². The van der Waals surface area contributed by atoms with Gasteiger partial charge in [0.05, 0.1) is 0 Å². The van der Waals surface area contributed by atoms with Crippen LogP contribution in [-0.2, 0) is 0 Å². The number of hydrogen-bond donors (Lipinski definition) is 1. The lowest BCUT2D eigenvalue weighted by Crippen LogP contribution is -2.32. The molecule has 2 atom stereocenters. The van der Waals surface area contributed by atoms with E-state index in [0.717, 1.165) is 5.92 Å². The van der Waals surface area contributed by atoms with E-state index in [0.29, 0.717) is 12.1 Å². The highest BCUT2D eigenvalue weighted by Gasteiger charge is 2.30. The van der Waals surface area contributed by atoms with Gasteiger partial charge < -0.3 is 5.32 Å². The Morgan fingerprint density at radius 3 is 2.44 bits per heavy atom. The molecular weight excluding hydrogens is 201 g/mol. The summed E-state index contributed by atoms with van der Waals surface area (Å²) in [7, 11) is 0. The monoisotopic (exact) mass is 221 g/mol. The summed E-state index contributed by atoms with van der Waals surface area (Å²) >= 11 is 0. The average Bonchev–Trinajstić information content (AvgIpc) is 3.10. The number of nitrogens with one attached hydrogen (secondary N) is 1. The molecule has 1 N–H and O–H groups in total. The van der Waals surface area contributed by atoms with Crippen molar-refractivity contribution in [3.63, 3.8) is 0 Å². The van der Waals surface area contributed by atoms with Gasteiger partial charge in [0.1, 0.15) is 5.82 Å². The van der Waals surface area contributed by atoms with Crippen molar-refractivity contribution >= 4 is 0 Å². The Bertz CT molecular complexity index is 329. The summed E-state index contributed by atoms with van der Waals surface area (Å²) in [4.78, 5) is 0. The third kappa shape index (κ3) is 2.82. The summed E-state index contributed by atoms with van der Waals surface area (Å²) in [6.07, 6.45) is 3.90. The summed E-state index contributed by atoms with van der Waals surface area (Å²) in [6.45, 7) is 4.38. The molecule has 1 aromatic rings. The van der Waals surface area contributed by atoms with Crippen LogP contribution in [0.25, 0.3) is 0 Å². The molecule has 0 amide bonds. The molecule has 0 radical (unpaired) electrons. The molecule has 1 aliphatic carbocycles. The minimum absolute atomic E-state index is 0.162. The van der Waals surface area contributed by atoms with Gasteiger partial charge in [-0.05, 0) is 49.8 Å². The molecule has 16 heavy (non-hydrogen) atoms. The van der Waals surface area contributed by atoms with Crippen LogP contribution in [0.5, 0.6) is 0 Å². The molecule has 1 unspecified atom stereocenters. The molecule has 1 fully saturated rings. The fourth-order valence-electron chi connectivity index (χ4n) is 2.25. The normalized spacial score (nSPS) is 19.4. The van der Waals surface area contributed by atoms with Crippen molar-refractivity contribution in [3.05, 3.63) is 35.6 Å². The van der Waals surface area contributed by atoms with E-state index in [2.05, 4.69) is 19.2 Å². The standard InChI is InChI=1S/C14H20FN/c1-3-14(12-4-5-12)16-10(2)11-6-8-13(15)9-7-11/h6-10,12,14,16H,3-5H2,1-2H3/t10-,14?/m1/s1. The maximum Gasteiger partial charge on any atom is 0.123 e. The zero-order valence-corrected chi connectivity index (χ0v) is 10.0. The van der Waals surface area contributed by atoms with E-state index in [4.69, 9.17) is 0 Å². The molecular formula is C14H20FN. The van der Waals surface area contributed by atoms with Gasteiger partial charge in [-0.3, -0.25) is 0 Å². The van der Waals surface area contributed by atoms with Gasteiger partial charge in [-0.15, -0.1) is 0 Å². The number of rotatable bonds is 5. The van der Waals surface area contributed by atoms with E-state index in [1.807, 2.05) is 12.1 Å². The first-order chi connectivity index (χ1) is 7.70. The summed E-state index contributed by atoms with van der Waals surface area (Å²) in [5.41, 5.74) is 1.17. The fourth-order valence-corrected chi connectivity index (χ4v) is 2.25. The summed E-state index contributed by atoms with van der Waals surface area (Å²) < 4.78 is 12.8. The predicted octanol–water partition coefficient (Wildman–Crippen LogP) is 3.66. The van der Waals surface area contributed by atoms with Gasteiger partial charge in [-0.2, -0.15) is 0 Å². The fraction of sp³-hybridized carbons (Fsp3) is 0.571. The molecule has 0 bridgehead atoms. The van der Waals surface area contributed by atoms with E-state index >= 15 is 0 Å². The van der Waals surface area contributed by atoms with Crippen molar-refractivity contribution in [2.75, 3.05) is 0 Å². The Morgan fingerprint density at radius 2 is 1.94 bits per heavy atom. The van der Waals surface area contributed by atoms with Crippen LogP contribution in [-0.4, -0.2) is 6.04 Å². The van der Waals surface area contributed by atoms with Crippen LogP contribution in [0.4, 0.5) is 4.39 Å². The van der Waals surface area contributed by atoms with E-state index in [1.165, 1.54) is 37.0 Å². The Kier molecular flexibility index (Phi) is 3.59. The summed E-state index contributed by atoms with van der Waals surface area (Å²) in [6, 6.07) is 7.74. The second-order valence-corrected chi connectivity index (χ2v) is 4.79. The lowest BCUT2D eigenvalue weighted by Gasteiger charge is -2.22. The molecule has 1 saturated carbocycles. The number of benzene rings is 1. The Morgan fingerprint density at radius 1 is 1.31 bits per heavy atom. The van der Waals surface area contributed by atoms with Crippen molar-refractivity contribution in [2.45, 2.75) is 45.2 Å². The van der Waals surface area contributed by atoms with E-state index in [9.17, 15) is 4.39 Å². The molecule has 88 valence electrons. The number of halogens is 1. The highest BCUT2D eigenvalue weighted by atomic mass is 19.1. The predicted molar refractivity (Wildman–Crippen MR) is 64.8 cm³/mol. The van der Waals surface area contributed by atoms with Crippen molar-refractivity contribution < 1.29 is 4.39 Å². The molecule has 0 heterocycles. The van der Waals surface area contributed by atoms with Crippen LogP contribution in [0.15, 0.2) is 24.3 Å². The highest BCUT2D eigenvalue weighted by Crippen LogP contribution is 2.35. The first kappa shape index (κ1) is 11.6. The lowest BCUT2D eigenvalue weighted by molar-refractivity contribution is 0.404. The van der Waals surface area contributed by atoms with Crippen molar-refractivity contribution in [2.24, 2.45) is 5.92 Å². The zero-order chi connectivity index (χ0) is 11.5. The maximum atomic E-state index is 12.8. The minimum Gasteiger partial charge on any atom is -0.307 e. The van der Waals surface area contributed by atoms with Crippen LogP contribution in [0.2, 0.25) is 0 Å². The molecule has 1 aliphatic rings. The van der Waals surface area contributed by atoms with Gasteiger partial charge in [0.15, 0.2) is 0 Å². The van der Waals surface area contributed by atoms with Gasteiger partial charge in [0.25, 0.3) is 0 Å². The Hall–Kier alpha value is -0.890. The van der Waals surface area contributed by atoms with Gasteiger partial charge in [0, 0.05) is 12.1 Å². The van der Waals surface area contributed by atoms with Crippen molar-refractivity contribution in [1.82, 2.24) is 5.32 Å². The highest BCUT2D eigenvalue weighted by molar-refractivity contribution is 5.19. The quantitative estimate of drug-likeness (QED) is 0.800. The number of hydrogen-bond acceptors (Lipinski definition) is 1. The van der Waals surface area contributed by atoms with E-state index in [1.54, 1.807) is 0 Å². The minimum atomic E-state index is -0.162. The third-order valence-corrected chi connectivity index (χ3v) is 3.46. The van der Waals surface area contributed by atoms with Gasteiger partial charge in [0.2, 0.25) is 0 Å². The largest absolute Gasteiger partial charge is 0.307 e. The topological polar surface area (TPSA) is 12.0 Å². The second-order valence-electron chi connectivity index (χ2n) is 4.79. The van der Waals surface area contributed by atoms with Crippen LogP contribution in [0.1, 0.15) is 44.7 Å². The van der Waals surface area contributed by atoms with Crippen LogP contribution >= 0.6 is 0 Å².